The summed E-state index contributed by atoms with van der Waals surface area (Å²) in [5.74, 6) is -1.67. The van der Waals surface area contributed by atoms with Gasteiger partial charge in [0, 0.05) is 22.3 Å². The first-order chi connectivity index (χ1) is 25.2. The summed E-state index contributed by atoms with van der Waals surface area (Å²) in [7, 11) is 9.35. The number of quaternary nitrogens is 2. The zero-order chi connectivity index (χ0) is 36.3. The third kappa shape index (κ3) is 9.79. The Morgan fingerprint density at radius 2 is 0.692 bits per heavy atom. The molecule has 0 saturated carbocycles. The van der Waals surface area contributed by atoms with E-state index >= 15 is 0 Å². The van der Waals surface area contributed by atoms with Crippen molar-refractivity contribution in [3.05, 3.63) is 144 Å². The molecule has 6 nitrogen and oxygen atoms in total. The number of rotatable bonds is 19. The van der Waals surface area contributed by atoms with Crippen molar-refractivity contribution in [2.45, 2.75) is 75.1 Å². The van der Waals surface area contributed by atoms with Crippen LogP contribution in [0.5, 0.6) is 0 Å². The predicted octanol–water partition coefficient (Wildman–Crippen LogP) is 8.89. The van der Waals surface area contributed by atoms with Gasteiger partial charge in [-0.2, -0.15) is 0 Å². The van der Waals surface area contributed by atoms with Crippen molar-refractivity contribution in [3.8, 4) is 0 Å². The van der Waals surface area contributed by atoms with Gasteiger partial charge < -0.3 is 27.9 Å². The largest absolute Gasteiger partial charge is 0.339 e. The van der Waals surface area contributed by atoms with Crippen LogP contribution < -0.4 is 0 Å². The Hall–Kier alpha value is -3.36. The molecule has 2 fully saturated rings. The van der Waals surface area contributed by atoms with E-state index in [-0.39, 0.29) is 12.2 Å². The molecule has 2 aliphatic rings. The van der Waals surface area contributed by atoms with Gasteiger partial charge in [0.15, 0.2) is 0 Å². The molecule has 2 atom stereocenters. The van der Waals surface area contributed by atoms with Crippen LogP contribution in [0.2, 0.25) is 0 Å². The number of ether oxygens (including phenoxy) is 4. The molecule has 0 aliphatic carbocycles. The Labute approximate surface area is 313 Å². The lowest BCUT2D eigenvalue weighted by Crippen LogP contribution is -2.47. The minimum atomic E-state index is -0.834. The van der Waals surface area contributed by atoms with Gasteiger partial charge in [-0.05, 0) is 25.7 Å². The number of likely N-dealkylation sites (N-methyl/N-ethyl adjacent to an activating group) is 2. The van der Waals surface area contributed by atoms with E-state index in [1.54, 1.807) is 0 Å². The first-order valence-corrected chi connectivity index (χ1v) is 19.7. The van der Waals surface area contributed by atoms with Crippen molar-refractivity contribution in [3.63, 3.8) is 0 Å². The molecule has 2 unspecified atom stereocenters. The number of nitrogens with zero attached hydrogens (tertiary/aromatic N) is 2. The average molecular weight is 707 g/mol. The highest BCUT2D eigenvalue weighted by molar-refractivity contribution is 5.36. The molecule has 52 heavy (non-hydrogen) atoms. The van der Waals surface area contributed by atoms with Crippen molar-refractivity contribution >= 4 is 0 Å². The first kappa shape index (κ1) is 38.4. The maximum absolute atomic E-state index is 6.79. The maximum Gasteiger partial charge on any atom is 0.222 e. The van der Waals surface area contributed by atoms with Crippen molar-refractivity contribution < 1.29 is 27.9 Å². The predicted molar refractivity (Wildman–Crippen MR) is 210 cm³/mol. The Morgan fingerprint density at radius 3 is 0.981 bits per heavy atom. The van der Waals surface area contributed by atoms with E-state index in [1.165, 1.54) is 51.4 Å². The molecular formula is C46H62N2O4+2. The second-order valence-electron chi connectivity index (χ2n) is 16.3. The van der Waals surface area contributed by atoms with E-state index < -0.39 is 11.6 Å². The maximum atomic E-state index is 6.79. The topological polar surface area (TPSA) is 36.9 Å². The Morgan fingerprint density at radius 1 is 0.423 bits per heavy atom. The lowest BCUT2D eigenvalue weighted by molar-refractivity contribution is -0.893. The highest BCUT2D eigenvalue weighted by Crippen LogP contribution is 2.42. The molecule has 2 heterocycles. The Kier molecular flexibility index (Phi) is 13.0. The zero-order valence-corrected chi connectivity index (χ0v) is 32.1. The van der Waals surface area contributed by atoms with Crippen LogP contribution in [0.1, 0.15) is 73.6 Å². The van der Waals surface area contributed by atoms with Crippen LogP contribution in [0, 0.1) is 0 Å². The minimum Gasteiger partial charge on any atom is -0.339 e. The molecular weight excluding hydrogens is 645 g/mol. The van der Waals surface area contributed by atoms with Gasteiger partial charge in [0.05, 0.1) is 54.5 Å². The summed E-state index contributed by atoms with van der Waals surface area (Å²) in [5, 5.41) is 0. The molecule has 4 aromatic rings. The summed E-state index contributed by atoms with van der Waals surface area (Å²) in [6.07, 6.45) is 10.5. The van der Waals surface area contributed by atoms with E-state index in [9.17, 15) is 0 Å². The molecule has 6 rings (SSSR count). The fourth-order valence-electron chi connectivity index (χ4n) is 8.20. The van der Waals surface area contributed by atoms with Crippen molar-refractivity contribution in [2.75, 3.05) is 67.6 Å². The highest BCUT2D eigenvalue weighted by Gasteiger charge is 2.47. The molecule has 0 radical (unpaired) electrons. The van der Waals surface area contributed by atoms with Gasteiger partial charge >= 0.3 is 0 Å². The first-order valence-electron chi connectivity index (χ1n) is 19.7. The molecule has 2 saturated heterocycles. The summed E-state index contributed by atoms with van der Waals surface area (Å²) in [6, 6.07) is 41.5. The fraction of sp³-hybridized carbons (Fsp3) is 0.478. The number of unbranched alkanes of at least 4 members (excludes halogenated alkanes) is 7. The van der Waals surface area contributed by atoms with Crippen LogP contribution in [0.3, 0.4) is 0 Å². The normalized spacial score (nSPS) is 19.9. The van der Waals surface area contributed by atoms with E-state index in [0.717, 1.165) is 57.4 Å². The number of benzene rings is 4. The minimum absolute atomic E-state index is 0.0511. The lowest BCUT2D eigenvalue weighted by Gasteiger charge is -2.33. The second-order valence-corrected chi connectivity index (χ2v) is 16.3. The van der Waals surface area contributed by atoms with Gasteiger partial charge in [0.2, 0.25) is 11.6 Å². The van der Waals surface area contributed by atoms with Crippen molar-refractivity contribution in [2.24, 2.45) is 0 Å². The number of hydrogen-bond donors (Lipinski definition) is 0. The van der Waals surface area contributed by atoms with E-state index in [4.69, 9.17) is 18.9 Å². The molecule has 4 aromatic carbocycles. The summed E-state index contributed by atoms with van der Waals surface area (Å²) < 4.78 is 28.5. The molecule has 6 heteroatoms. The van der Waals surface area contributed by atoms with Crippen molar-refractivity contribution in [1.82, 2.24) is 0 Å². The van der Waals surface area contributed by atoms with Gasteiger partial charge in [-0.1, -0.05) is 147 Å². The van der Waals surface area contributed by atoms with Crippen LogP contribution in [-0.4, -0.2) is 88.8 Å². The smallest absolute Gasteiger partial charge is 0.222 e. The van der Waals surface area contributed by atoms with Gasteiger partial charge in [-0.15, -0.1) is 0 Å². The third-order valence-electron chi connectivity index (χ3n) is 10.9. The van der Waals surface area contributed by atoms with Gasteiger partial charge in [0.1, 0.15) is 25.3 Å². The van der Waals surface area contributed by atoms with Gasteiger partial charge in [-0.25, -0.2) is 0 Å². The third-order valence-corrected chi connectivity index (χ3v) is 10.9. The molecule has 0 bridgehead atoms. The quantitative estimate of drug-likeness (QED) is 0.0721. The summed E-state index contributed by atoms with van der Waals surface area (Å²) in [5.41, 5.74) is 4.22. The monoisotopic (exact) mass is 706 g/mol. The van der Waals surface area contributed by atoms with Crippen LogP contribution in [0.25, 0.3) is 0 Å². The van der Waals surface area contributed by atoms with E-state index in [1.807, 2.05) is 24.3 Å². The fourth-order valence-corrected chi connectivity index (χ4v) is 8.20. The van der Waals surface area contributed by atoms with E-state index in [2.05, 4.69) is 125 Å². The summed E-state index contributed by atoms with van der Waals surface area (Å²) in [4.78, 5) is 0. The Bertz CT molecular complexity index is 1410. The van der Waals surface area contributed by atoms with E-state index in [0.29, 0.717) is 13.2 Å². The van der Waals surface area contributed by atoms with Crippen LogP contribution in [0.15, 0.2) is 121 Å². The highest BCUT2D eigenvalue weighted by atomic mass is 16.8. The summed E-state index contributed by atoms with van der Waals surface area (Å²) >= 11 is 0. The standard InChI is InChI=1S/C46H62N2O4/c1-47(2,35-43-37-49-45(51-43,39-25-15-11-16-26-39)40-27-17-12-18-28-40)33-23-9-7-5-6-8-10-24-34-48(3,4)36-44-38-50-46(52-44,41-29-19-13-20-30-41)42-31-21-14-22-32-42/h11-22,25-32,43-44H,5-10,23-24,33-38H2,1-4H3/q+2. The zero-order valence-electron chi connectivity index (χ0n) is 32.1. The van der Waals surface area contributed by atoms with Gasteiger partial charge in [-0.3, -0.25) is 0 Å². The number of hydrogen-bond acceptors (Lipinski definition) is 4. The van der Waals surface area contributed by atoms with Crippen LogP contribution in [-0.2, 0) is 30.5 Å². The second kappa shape index (κ2) is 17.6. The van der Waals surface area contributed by atoms with Gasteiger partial charge in [0.25, 0.3) is 0 Å². The molecule has 278 valence electrons. The molecule has 0 aromatic heterocycles. The summed E-state index contributed by atoms with van der Waals surface area (Å²) in [6.45, 7) is 5.41. The van der Waals surface area contributed by atoms with Crippen LogP contribution in [0.4, 0.5) is 0 Å². The van der Waals surface area contributed by atoms with Crippen molar-refractivity contribution in [1.29, 1.82) is 0 Å². The van der Waals surface area contributed by atoms with Crippen LogP contribution >= 0.6 is 0 Å². The SMILES string of the molecule is C[N+](C)(CCCCCCCCCC[N+](C)(C)CC1COC(c2ccccc2)(c2ccccc2)O1)CC1COC(c2ccccc2)(c2ccccc2)O1. The Balaban J connectivity index is 0.852. The molecule has 0 N–H and O–H groups in total. The molecule has 0 amide bonds. The lowest BCUT2D eigenvalue weighted by atomic mass is 9.97. The molecule has 0 spiro atoms. The average Bonchev–Trinajstić information content (AvgIpc) is 3.79. The molecule has 2 aliphatic heterocycles.